The van der Waals surface area contributed by atoms with E-state index >= 15 is 0 Å². The van der Waals surface area contributed by atoms with E-state index in [4.69, 9.17) is 14.6 Å². The summed E-state index contributed by atoms with van der Waals surface area (Å²) >= 11 is 0. The third kappa shape index (κ3) is 6.08. The summed E-state index contributed by atoms with van der Waals surface area (Å²) in [6, 6.07) is 0. The van der Waals surface area contributed by atoms with Crippen molar-refractivity contribution in [1.82, 2.24) is 0 Å². The maximum atomic E-state index is 11.7. The van der Waals surface area contributed by atoms with Gasteiger partial charge in [-0.2, -0.15) is 0 Å². The molecule has 0 aliphatic rings. The Morgan fingerprint density at radius 1 is 1.33 bits per heavy atom. The largest absolute Gasteiger partial charge is 0.500 e. The summed E-state index contributed by atoms with van der Waals surface area (Å²) in [6.07, 6.45) is 1.76. The zero-order chi connectivity index (χ0) is 14.3. The summed E-state index contributed by atoms with van der Waals surface area (Å²) in [5.74, 6) is -2.04. The zero-order valence-electron chi connectivity index (χ0n) is 11.3. The minimum Gasteiger partial charge on any atom is -0.500 e. The molecule has 0 aromatic rings. The van der Waals surface area contributed by atoms with Gasteiger partial charge in [-0.25, -0.2) is 9.59 Å². The van der Waals surface area contributed by atoms with Gasteiger partial charge in [-0.05, 0) is 27.2 Å². The van der Waals surface area contributed by atoms with E-state index in [1.165, 1.54) is 0 Å². The van der Waals surface area contributed by atoms with Crippen LogP contribution in [-0.2, 0) is 19.1 Å². The average Bonchev–Trinajstić information content (AvgIpc) is 2.20. The highest BCUT2D eigenvalue weighted by molar-refractivity contribution is 6.05. The minimum atomic E-state index is -1.28. The first-order valence-electron chi connectivity index (χ1n) is 5.66. The Bertz CT molecular complexity index is 360. The van der Waals surface area contributed by atoms with Crippen LogP contribution in [0.15, 0.2) is 24.0 Å². The second-order valence-electron chi connectivity index (χ2n) is 4.69. The highest BCUT2D eigenvalue weighted by atomic mass is 16.6. The Balaban J connectivity index is 4.83. The van der Waals surface area contributed by atoms with Crippen LogP contribution in [0.3, 0.4) is 0 Å². The molecule has 0 aliphatic carbocycles. The number of rotatable bonds is 6. The first kappa shape index (κ1) is 16.2. The first-order chi connectivity index (χ1) is 8.19. The van der Waals surface area contributed by atoms with Crippen molar-refractivity contribution in [2.75, 3.05) is 6.61 Å². The Morgan fingerprint density at radius 2 is 1.89 bits per heavy atom. The lowest BCUT2D eigenvalue weighted by Crippen LogP contribution is -2.26. The SMILES string of the molecule is C=C(C(=O)OC(C)(C)C)C(=COCCC)C(=O)O. The lowest BCUT2D eigenvalue weighted by Gasteiger charge is -2.20. The molecule has 0 bridgehead atoms. The number of esters is 1. The second kappa shape index (κ2) is 6.83. The summed E-state index contributed by atoms with van der Waals surface area (Å²) in [5.41, 5.74) is -1.22. The van der Waals surface area contributed by atoms with Crippen LogP contribution in [-0.4, -0.2) is 29.3 Å². The van der Waals surface area contributed by atoms with Crippen molar-refractivity contribution in [2.24, 2.45) is 0 Å². The van der Waals surface area contributed by atoms with Crippen LogP contribution in [0.4, 0.5) is 0 Å². The number of carbonyl (C=O) groups excluding carboxylic acids is 1. The molecule has 0 aromatic heterocycles. The molecule has 102 valence electrons. The molecular weight excluding hydrogens is 236 g/mol. The molecule has 0 heterocycles. The van der Waals surface area contributed by atoms with Crippen LogP contribution < -0.4 is 0 Å². The lowest BCUT2D eigenvalue weighted by atomic mass is 10.1. The molecule has 0 aromatic carbocycles. The average molecular weight is 256 g/mol. The van der Waals surface area contributed by atoms with Crippen molar-refractivity contribution in [3.05, 3.63) is 24.0 Å². The molecule has 0 amide bonds. The molecule has 0 fully saturated rings. The van der Waals surface area contributed by atoms with Crippen LogP contribution in [0, 0.1) is 0 Å². The number of ether oxygens (including phenoxy) is 2. The van der Waals surface area contributed by atoms with Gasteiger partial charge in [0.15, 0.2) is 0 Å². The zero-order valence-corrected chi connectivity index (χ0v) is 11.3. The Kier molecular flexibility index (Phi) is 6.16. The fourth-order valence-electron chi connectivity index (χ4n) is 0.960. The predicted molar refractivity (Wildman–Crippen MR) is 66.9 cm³/mol. The summed E-state index contributed by atoms with van der Waals surface area (Å²) in [5, 5.41) is 8.97. The van der Waals surface area contributed by atoms with Gasteiger partial charge >= 0.3 is 11.9 Å². The maximum absolute atomic E-state index is 11.7. The fourth-order valence-corrected chi connectivity index (χ4v) is 0.960. The summed E-state index contributed by atoms with van der Waals surface area (Å²) in [4.78, 5) is 22.6. The van der Waals surface area contributed by atoms with Crippen molar-refractivity contribution in [2.45, 2.75) is 39.7 Å². The smallest absolute Gasteiger partial charge is 0.339 e. The Labute approximate surface area is 107 Å². The van der Waals surface area contributed by atoms with Crippen LogP contribution in [0.25, 0.3) is 0 Å². The number of hydrogen-bond donors (Lipinski definition) is 1. The van der Waals surface area contributed by atoms with Gasteiger partial charge in [0.2, 0.25) is 0 Å². The molecule has 0 saturated heterocycles. The molecule has 0 atom stereocenters. The number of hydrogen-bond acceptors (Lipinski definition) is 4. The Hall–Kier alpha value is -1.78. The first-order valence-corrected chi connectivity index (χ1v) is 5.66. The van der Waals surface area contributed by atoms with Crippen molar-refractivity contribution >= 4 is 11.9 Å². The molecule has 0 rings (SSSR count). The van der Waals surface area contributed by atoms with Crippen LogP contribution in [0.2, 0.25) is 0 Å². The summed E-state index contributed by atoms with van der Waals surface area (Å²) < 4.78 is 10.0. The number of carbonyl (C=O) groups is 2. The molecule has 0 radical (unpaired) electrons. The molecule has 0 saturated carbocycles. The van der Waals surface area contributed by atoms with E-state index in [9.17, 15) is 9.59 Å². The molecule has 0 aliphatic heterocycles. The molecular formula is C13H20O5. The highest BCUT2D eigenvalue weighted by Gasteiger charge is 2.24. The predicted octanol–water partition coefficient (Wildman–Crippen LogP) is 2.28. The van der Waals surface area contributed by atoms with Crippen molar-refractivity contribution in [3.8, 4) is 0 Å². The second-order valence-corrected chi connectivity index (χ2v) is 4.69. The maximum Gasteiger partial charge on any atom is 0.339 e. The number of carboxylic acid groups (broad SMARTS) is 1. The van der Waals surface area contributed by atoms with Gasteiger partial charge in [0.1, 0.15) is 11.2 Å². The van der Waals surface area contributed by atoms with E-state index in [0.29, 0.717) is 6.61 Å². The third-order valence-electron chi connectivity index (χ3n) is 1.72. The number of carboxylic acids is 1. The molecule has 5 heteroatoms. The quantitative estimate of drug-likeness (QED) is 0.259. The van der Waals surface area contributed by atoms with E-state index in [-0.39, 0.29) is 11.1 Å². The van der Waals surface area contributed by atoms with Gasteiger partial charge in [0, 0.05) is 0 Å². The Morgan fingerprint density at radius 3 is 2.28 bits per heavy atom. The van der Waals surface area contributed by atoms with Crippen LogP contribution >= 0.6 is 0 Å². The van der Waals surface area contributed by atoms with Gasteiger partial charge in [-0.15, -0.1) is 0 Å². The topological polar surface area (TPSA) is 72.8 Å². The molecule has 18 heavy (non-hydrogen) atoms. The van der Waals surface area contributed by atoms with E-state index in [0.717, 1.165) is 12.7 Å². The fraction of sp³-hybridized carbons (Fsp3) is 0.538. The van der Waals surface area contributed by atoms with Crippen molar-refractivity contribution < 1.29 is 24.2 Å². The van der Waals surface area contributed by atoms with E-state index in [2.05, 4.69) is 6.58 Å². The molecule has 1 N–H and O–H groups in total. The van der Waals surface area contributed by atoms with Gasteiger partial charge in [-0.1, -0.05) is 13.5 Å². The van der Waals surface area contributed by atoms with Gasteiger partial charge in [0.05, 0.1) is 18.4 Å². The van der Waals surface area contributed by atoms with Crippen LogP contribution in [0.1, 0.15) is 34.1 Å². The molecule has 0 unspecified atom stereocenters. The molecule has 0 spiro atoms. The summed E-state index contributed by atoms with van der Waals surface area (Å²) in [7, 11) is 0. The highest BCUT2D eigenvalue weighted by Crippen LogP contribution is 2.16. The van der Waals surface area contributed by atoms with Gasteiger partial charge in [-0.3, -0.25) is 0 Å². The normalized spacial score (nSPS) is 11.9. The van der Waals surface area contributed by atoms with Crippen molar-refractivity contribution in [3.63, 3.8) is 0 Å². The van der Waals surface area contributed by atoms with E-state index < -0.39 is 17.5 Å². The van der Waals surface area contributed by atoms with E-state index in [1.54, 1.807) is 20.8 Å². The van der Waals surface area contributed by atoms with Gasteiger partial charge < -0.3 is 14.6 Å². The van der Waals surface area contributed by atoms with Gasteiger partial charge in [0.25, 0.3) is 0 Å². The van der Waals surface area contributed by atoms with Crippen LogP contribution in [0.5, 0.6) is 0 Å². The van der Waals surface area contributed by atoms with Crippen molar-refractivity contribution in [1.29, 1.82) is 0 Å². The lowest BCUT2D eigenvalue weighted by molar-refractivity contribution is -0.150. The molecule has 5 nitrogen and oxygen atoms in total. The standard InChI is InChI=1S/C13H20O5/c1-6-7-17-8-10(11(14)15)9(2)12(16)18-13(3,4)5/h8H,2,6-7H2,1,3-5H3,(H,14,15). The third-order valence-corrected chi connectivity index (χ3v) is 1.72. The summed E-state index contributed by atoms with van der Waals surface area (Å²) in [6.45, 7) is 10.8. The monoisotopic (exact) mass is 256 g/mol. The number of aliphatic carboxylic acids is 1. The van der Waals surface area contributed by atoms with E-state index in [1.807, 2.05) is 6.92 Å². The minimum absolute atomic E-state index is 0.228.